The molecule has 0 saturated heterocycles. The quantitative estimate of drug-likeness (QED) is 0.491. The maximum absolute atomic E-state index is 14.0. The van der Waals surface area contributed by atoms with Crippen molar-refractivity contribution in [2.75, 3.05) is 11.6 Å². The predicted octanol–water partition coefficient (Wildman–Crippen LogP) is 4.34. The molecule has 3 rings (SSSR count). The molecule has 144 valence electrons. The molecule has 3 aromatic carbocycles. The van der Waals surface area contributed by atoms with Crippen LogP contribution in [0.4, 0.5) is 15.8 Å². The fraction of sp³-hybridized carbons (Fsp3) is 0.100. The molecule has 0 heterocycles. The number of rotatable bonds is 6. The van der Waals surface area contributed by atoms with E-state index < -0.39 is 32.3 Å². The van der Waals surface area contributed by atoms with Crippen molar-refractivity contribution in [3.8, 4) is 0 Å². The molecule has 1 atom stereocenters. The molecule has 28 heavy (non-hydrogen) atoms. The molecule has 0 fully saturated rings. The molecule has 0 aromatic heterocycles. The Morgan fingerprint density at radius 1 is 0.964 bits per heavy atom. The second-order valence-electron chi connectivity index (χ2n) is 6.23. The van der Waals surface area contributed by atoms with E-state index in [1.54, 1.807) is 36.4 Å². The van der Waals surface area contributed by atoms with Gasteiger partial charge in [-0.15, -0.1) is 0 Å². The first kappa shape index (κ1) is 19.5. The van der Waals surface area contributed by atoms with Crippen molar-refractivity contribution in [1.29, 1.82) is 0 Å². The molecule has 3 aromatic rings. The molecule has 0 saturated carbocycles. The van der Waals surface area contributed by atoms with E-state index in [1.807, 2.05) is 6.07 Å². The highest BCUT2D eigenvalue weighted by molar-refractivity contribution is 7.90. The lowest BCUT2D eigenvalue weighted by Crippen LogP contribution is -2.14. The minimum absolute atomic E-state index is 0.00334. The van der Waals surface area contributed by atoms with Gasteiger partial charge in [0.15, 0.2) is 9.84 Å². The van der Waals surface area contributed by atoms with Crippen molar-refractivity contribution in [2.45, 2.75) is 10.9 Å². The summed E-state index contributed by atoms with van der Waals surface area (Å²) >= 11 is 0. The first-order chi connectivity index (χ1) is 13.3. The minimum atomic E-state index is -3.44. The van der Waals surface area contributed by atoms with Crippen LogP contribution < -0.4 is 5.32 Å². The fourth-order valence-electron chi connectivity index (χ4n) is 2.90. The van der Waals surface area contributed by atoms with Gasteiger partial charge in [-0.3, -0.25) is 10.1 Å². The molecule has 1 N–H and O–H groups in total. The van der Waals surface area contributed by atoms with Crippen molar-refractivity contribution in [1.82, 2.24) is 0 Å². The zero-order valence-corrected chi connectivity index (χ0v) is 15.7. The van der Waals surface area contributed by atoms with Gasteiger partial charge < -0.3 is 5.32 Å². The highest BCUT2D eigenvalue weighted by Gasteiger charge is 2.24. The Morgan fingerprint density at radius 2 is 1.61 bits per heavy atom. The number of nitro groups is 1. The standard InChI is InChI=1S/C20H17FN2O4S/c1-28(26,27)16-10-5-9-15(13-16)19(14-7-3-2-4-8-14)22-18-12-6-11-17(21)20(18)23(24)25/h2-13,19,22H,1H3. The monoisotopic (exact) mass is 400 g/mol. The largest absolute Gasteiger partial charge is 0.368 e. The molecule has 0 aliphatic rings. The van der Waals surface area contributed by atoms with Gasteiger partial charge in [0, 0.05) is 6.26 Å². The Kier molecular flexibility index (Phi) is 5.41. The van der Waals surface area contributed by atoms with Gasteiger partial charge in [-0.2, -0.15) is 4.39 Å². The van der Waals surface area contributed by atoms with Crippen LogP contribution in [0.5, 0.6) is 0 Å². The normalized spacial score (nSPS) is 12.4. The number of benzene rings is 3. The van der Waals surface area contributed by atoms with Gasteiger partial charge in [-0.1, -0.05) is 48.5 Å². The van der Waals surface area contributed by atoms with E-state index in [2.05, 4.69) is 5.32 Å². The lowest BCUT2D eigenvalue weighted by Gasteiger charge is -2.21. The van der Waals surface area contributed by atoms with Crippen LogP contribution in [-0.4, -0.2) is 19.6 Å². The third-order valence-electron chi connectivity index (χ3n) is 4.22. The summed E-state index contributed by atoms with van der Waals surface area (Å²) in [5.74, 6) is -0.952. The number of nitro benzene ring substituents is 1. The number of sulfone groups is 1. The summed E-state index contributed by atoms with van der Waals surface area (Å²) in [7, 11) is -3.44. The molecule has 0 radical (unpaired) electrons. The number of anilines is 1. The predicted molar refractivity (Wildman–Crippen MR) is 105 cm³/mol. The lowest BCUT2D eigenvalue weighted by atomic mass is 9.98. The van der Waals surface area contributed by atoms with Crippen LogP contribution in [0.2, 0.25) is 0 Å². The lowest BCUT2D eigenvalue weighted by molar-refractivity contribution is -0.386. The SMILES string of the molecule is CS(=O)(=O)c1cccc(C(Nc2cccc(F)c2[N+](=O)[O-])c2ccccc2)c1. The Labute approximate surface area is 161 Å². The number of nitrogens with zero attached hydrogens (tertiary/aromatic N) is 1. The van der Waals surface area contributed by atoms with Crippen molar-refractivity contribution < 1.29 is 17.7 Å². The Bertz CT molecular complexity index is 1120. The minimum Gasteiger partial charge on any atom is -0.368 e. The van der Waals surface area contributed by atoms with E-state index in [4.69, 9.17) is 0 Å². The summed E-state index contributed by atoms with van der Waals surface area (Å²) in [5, 5.41) is 14.3. The maximum Gasteiger partial charge on any atom is 0.327 e. The number of nitrogens with one attached hydrogen (secondary N) is 1. The average Bonchev–Trinajstić information content (AvgIpc) is 2.66. The molecule has 1 unspecified atom stereocenters. The van der Waals surface area contributed by atoms with Crippen LogP contribution >= 0.6 is 0 Å². The van der Waals surface area contributed by atoms with Gasteiger partial charge in [-0.05, 0) is 35.4 Å². The average molecular weight is 400 g/mol. The Hall–Kier alpha value is -3.26. The zero-order valence-electron chi connectivity index (χ0n) is 14.9. The third kappa shape index (κ3) is 4.17. The van der Waals surface area contributed by atoms with Gasteiger partial charge in [0.2, 0.25) is 5.82 Å². The second-order valence-corrected chi connectivity index (χ2v) is 8.24. The van der Waals surface area contributed by atoms with Crippen molar-refractivity contribution >= 4 is 21.2 Å². The smallest absolute Gasteiger partial charge is 0.327 e. The summed E-state index contributed by atoms with van der Waals surface area (Å²) in [6, 6.07) is 18.5. The van der Waals surface area contributed by atoms with Crippen molar-refractivity contribution in [3.05, 3.63) is 99.9 Å². The van der Waals surface area contributed by atoms with Crippen LogP contribution in [0.1, 0.15) is 17.2 Å². The van der Waals surface area contributed by atoms with E-state index in [1.165, 1.54) is 24.3 Å². The summed E-state index contributed by atoms with van der Waals surface area (Å²) < 4.78 is 37.9. The molecule has 0 bridgehead atoms. The first-order valence-corrected chi connectivity index (χ1v) is 10.2. The zero-order chi connectivity index (χ0) is 20.3. The van der Waals surface area contributed by atoms with Crippen molar-refractivity contribution in [3.63, 3.8) is 0 Å². The van der Waals surface area contributed by atoms with E-state index in [-0.39, 0.29) is 10.6 Å². The van der Waals surface area contributed by atoms with E-state index in [0.717, 1.165) is 17.9 Å². The van der Waals surface area contributed by atoms with Gasteiger partial charge >= 0.3 is 5.69 Å². The Morgan fingerprint density at radius 3 is 2.25 bits per heavy atom. The van der Waals surface area contributed by atoms with Crippen LogP contribution in [-0.2, 0) is 9.84 Å². The molecule has 8 heteroatoms. The summed E-state index contributed by atoms with van der Waals surface area (Å²) in [5.41, 5.74) is 0.658. The van der Waals surface area contributed by atoms with E-state index >= 15 is 0 Å². The van der Waals surface area contributed by atoms with Crippen LogP contribution in [0.15, 0.2) is 77.7 Å². The van der Waals surface area contributed by atoms with Crippen LogP contribution in [0, 0.1) is 15.9 Å². The van der Waals surface area contributed by atoms with E-state index in [9.17, 15) is 22.9 Å². The summed E-state index contributed by atoms with van der Waals surface area (Å²) in [4.78, 5) is 10.7. The maximum atomic E-state index is 14.0. The molecule has 0 aliphatic carbocycles. The molecule has 0 spiro atoms. The fourth-order valence-corrected chi connectivity index (χ4v) is 3.58. The van der Waals surface area contributed by atoms with Gasteiger partial charge in [-0.25, -0.2) is 8.42 Å². The highest BCUT2D eigenvalue weighted by atomic mass is 32.2. The molecule has 0 amide bonds. The highest BCUT2D eigenvalue weighted by Crippen LogP contribution is 2.34. The summed E-state index contributed by atoms with van der Waals surface area (Å²) in [6.45, 7) is 0. The van der Waals surface area contributed by atoms with Crippen molar-refractivity contribution in [2.24, 2.45) is 0 Å². The molecular formula is C20H17FN2O4S. The van der Waals surface area contributed by atoms with Gasteiger partial charge in [0.1, 0.15) is 5.69 Å². The number of hydrogen-bond acceptors (Lipinski definition) is 5. The molecular weight excluding hydrogens is 383 g/mol. The van der Waals surface area contributed by atoms with Crippen LogP contribution in [0.25, 0.3) is 0 Å². The Balaban J connectivity index is 2.14. The van der Waals surface area contributed by atoms with Gasteiger partial charge in [0.25, 0.3) is 0 Å². The van der Waals surface area contributed by atoms with Gasteiger partial charge in [0.05, 0.1) is 15.9 Å². The van der Waals surface area contributed by atoms with E-state index in [0.29, 0.717) is 5.56 Å². The number of halogens is 1. The third-order valence-corrected chi connectivity index (χ3v) is 5.33. The van der Waals surface area contributed by atoms with Crippen LogP contribution in [0.3, 0.4) is 0 Å². The molecule has 6 nitrogen and oxygen atoms in total. The number of hydrogen-bond donors (Lipinski definition) is 1. The molecule has 0 aliphatic heterocycles. The summed E-state index contributed by atoms with van der Waals surface area (Å²) in [6.07, 6.45) is 1.11. The second kappa shape index (κ2) is 7.77. The topological polar surface area (TPSA) is 89.3 Å². The number of para-hydroxylation sites is 1. The first-order valence-electron chi connectivity index (χ1n) is 8.32.